The van der Waals surface area contributed by atoms with E-state index in [1.165, 1.54) is 0 Å². The van der Waals surface area contributed by atoms with Crippen molar-refractivity contribution in [3.63, 3.8) is 0 Å². The van der Waals surface area contributed by atoms with Crippen LogP contribution < -0.4 is 4.74 Å². The van der Waals surface area contributed by atoms with Crippen molar-refractivity contribution in [2.75, 3.05) is 6.61 Å². The first-order chi connectivity index (χ1) is 13.2. The van der Waals surface area contributed by atoms with Gasteiger partial charge >= 0.3 is 6.01 Å². The first-order valence-electron chi connectivity index (χ1n) is 8.70. The fraction of sp³-hybridized carbons (Fsp3) is 0.250. The molecular weight excluding hydrogens is 362 g/mol. The fourth-order valence-corrected chi connectivity index (χ4v) is 3.39. The Balaban J connectivity index is 1.83. The molecule has 1 aromatic carbocycles. The number of amides is 1. The van der Waals surface area contributed by atoms with E-state index in [9.17, 15) is 9.90 Å². The Bertz CT molecular complexity index is 852. The van der Waals surface area contributed by atoms with Crippen LogP contribution in [0.25, 0.3) is 0 Å². The average Bonchev–Trinajstić information content (AvgIpc) is 3.22. The second kappa shape index (κ2) is 9.25. The molecule has 1 atom stereocenters. The Labute approximate surface area is 162 Å². The molecule has 0 aliphatic carbocycles. The normalized spacial score (nSPS) is 11.8. The van der Waals surface area contributed by atoms with Gasteiger partial charge in [-0.1, -0.05) is 19.1 Å². The van der Waals surface area contributed by atoms with Gasteiger partial charge in [0.2, 0.25) is 0 Å². The van der Waals surface area contributed by atoms with Gasteiger partial charge in [0.1, 0.15) is 5.75 Å². The van der Waals surface area contributed by atoms with Crippen LogP contribution >= 0.6 is 11.3 Å². The summed E-state index contributed by atoms with van der Waals surface area (Å²) in [6.07, 6.45) is 3.85. The summed E-state index contributed by atoms with van der Waals surface area (Å²) in [5.41, 5.74) is 0.492. The zero-order valence-electron chi connectivity index (χ0n) is 15.0. The first-order valence-corrected chi connectivity index (χ1v) is 9.58. The number of thiophene rings is 1. The molecule has 0 saturated carbocycles. The van der Waals surface area contributed by atoms with Gasteiger partial charge in [-0.2, -0.15) is 0 Å². The minimum absolute atomic E-state index is 0.0817. The minimum atomic E-state index is -0.248. The van der Waals surface area contributed by atoms with Crippen molar-refractivity contribution in [3.05, 3.63) is 70.7 Å². The Morgan fingerprint density at radius 3 is 2.70 bits per heavy atom. The van der Waals surface area contributed by atoms with Gasteiger partial charge in [0.25, 0.3) is 5.91 Å². The molecule has 3 aromatic rings. The second-order valence-electron chi connectivity index (χ2n) is 5.92. The van der Waals surface area contributed by atoms with Crippen molar-refractivity contribution in [2.24, 2.45) is 0 Å². The molecule has 2 heterocycles. The van der Waals surface area contributed by atoms with Crippen LogP contribution in [-0.2, 0) is 6.54 Å². The topological polar surface area (TPSA) is 75.5 Å². The summed E-state index contributed by atoms with van der Waals surface area (Å²) < 4.78 is 5.63. The SMILES string of the molecule is CC[C@H](CO)N(Cc1cccs1)C(=O)c1cccc(Oc2ncccn2)c1. The van der Waals surface area contributed by atoms with E-state index in [2.05, 4.69) is 9.97 Å². The van der Waals surface area contributed by atoms with Crippen molar-refractivity contribution in [1.82, 2.24) is 14.9 Å². The lowest BCUT2D eigenvalue weighted by Gasteiger charge is -2.29. The molecule has 27 heavy (non-hydrogen) atoms. The molecular formula is C20H21N3O3S. The highest BCUT2D eigenvalue weighted by molar-refractivity contribution is 7.09. The summed E-state index contributed by atoms with van der Waals surface area (Å²) in [4.78, 5) is 24.0. The van der Waals surface area contributed by atoms with Crippen molar-refractivity contribution in [1.29, 1.82) is 0 Å². The molecule has 1 N–H and O–H groups in total. The molecule has 7 heteroatoms. The molecule has 0 radical (unpaired) electrons. The molecule has 1 amide bonds. The highest BCUT2D eigenvalue weighted by Gasteiger charge is 2.24. The third-order valence-electron chi connectivity index (χ3n) is 4.12. The Morgan fingerprint density at radius 2 is 2.04 bits per heavy atom. The van der Waals surface area contributed by atoms with E-state index < -0.39 is 0 Å². The number of carbonyl (C=O) groups is 1. The number of aromatic nitrogens is 2. The first kappa shape index (κ1) is 19.0. The van der Waals surface area contributed by atoms with Crippen LogP contribution in [0.5, 0.6) is 11.8 Å². The van der Waals surface area contributed by atoms with Crippen LogP contribution in [0.2, 0.25) is 0 Å². The van der Waals surface area contributed by atoms with Gasteiger partial charge in [0.05, 0.1) is 19.2 Å². The predicted octanol–water partition coefficient (Wildman–Crippen LogP) is 3.74. The van der Waals surface area contributed by atoms with Crippen LogP contribution in [0, 0.1) is 0 Å². The minimum Gasteiger partial charge on any atom is -0.424 e. The average molecular weight is 383 g/mol. The largest absolute Gasteiger partial charge is 0.424 e. The monoisotopic (exact) mass is 383 g/mol. The van der Waals surface area contributed by atoms with E-state index in [0.717, 1.165) is 4.88 Å². The lowest BCUT2D eigenvalue weighted by Crippen LogP contribution is -2.41. The predicted molar refractivity (Wildman–Crippen MR) is 104 cm³/mol. The van der Waals surface area contributed by atoms with E-state index >= 15 is 0 Å². The lowest BCUT2D eigenvalue weighted by atomic mass is 10.1. The highest BCUT2D eigenvalue weighted by Crippen LogP contribution is 2.22. The molecule has 6 nitrogen and oxygen atoms in total. The van der Waals surface area contributed by atoms with Gasteiger partial charge in [-0.05, 0) is 42.1 Å². The molecule has 0 spiro atoms. The molecule has 0 aliphatic rings. The maximum Gasteiger partial charge on any atom is 0.321 e. The van der Waals surface area contributed by atoms with Gasteiger partial charge in [0.15, 0.2) is 0 Å². The third-order valence-corrected chi connectivity index (χ3v) is 4.98. The number of benzene rings is 1. The molecule has 0 aliphatic heterocycles. The summed E-state index contributed by atoms with van der Waals surface area (Å²) in [6, 6.07) is 12.5. The number of rotatable bonds is 8. The lowest BCUT2D eigenvalue weighted by molar-refractivity contribution is 0.0566. The zero-order chi connectivity index (χ0) is 19.1. The van der Waals surface area contributed by atoms with Crippen LogP contribution in [0.3, 0.4) is 0 Å². The molecule has 140 valence electrons. The molecule has 3 rings (SSSR count). The Hall–Kier alpha value is -2.77. The van der Waals surface area contributed by atoms with E-state index in [-0.39, 0.29) is 24.6 Å². The number of aliphatic hydroxyl groups excluding tert-OH is 1. The smallest absolute Gasteiger partial charge is 0.321 e. The number of hydrogen-bond donors (Lipinski definition) is 1. The van der Waals surface area contributed by atoms with Gasteiger partial charge < -0.3 is 14.7 Å². The standard InChI is InChI=1S/C20H21N3O3S/c1-2-16(14-24)23(13-18-8-4-11-27-18)19(25)15-6-3-7-17(12-15)26-20-21-9-5-10-22-20/h3-12,16,24H,2,13-14H2,1H3/t16-/m1/s1. The molecule has 0 unspecified atom stereocenters. The van der Waals surface area contributed by atoms with E-state index in [0.29, 0.717) is 24.3 Å². The van der Waals surface area contributed by atoms with Crippen LogP contribution in [0.15, 0.2) is 60.2 Å². The highest BCUT2D eigenvalue weighted by atomic mass is 32.1. The summed E-state index contributed by atoms with van der Waals surface area (Å²) in [7, 11) is 0. The fourth-order valence-electron chi connectivity index (χ4n) is 2.69. The zero-order valence-corrected chi connectivity index (χ0v) is 15.8. The number of aliphatic hydroxyl groups is 1. The van der Waals surface area contributed by atoms with Crippen molar-refractivity contribution < 1.29 is 14.6 Å². The second-order valence-corrected chi connectivity index (χ2v) is 6.95. The number of ether oxygens (including phenoxy) is 1. The number of nitrogens with zero attached hydrogens (tertiary/aromatic N) is 3. The van der Waals surface area contributed by atoms with E-state index in [1.54, 1.807) is 59.0 Å². The summed E-state index contributed by atoms with van der Waals surface area (Å²) >= 11 is 1.59. The quantitative estimate of drug-likeness (QED) is 0.641. The molecule has 2 aromatic heterocycles. The van der Waals surface area contributed by atoms with Crippen LogP contribution in [-0.4, -0.2) is 38.5 Å². The van der Waals surface area contributed by atoms with Crippen molar-refractivity contribution >= 4 is 17.2 Å². The maximum atomic E-state index is 13.2. The maximum absolute atomic E-state index is 13.2. The van der Waals surface area contributed by atoms with E-state index in [4.69, 9.17) is 4.74 Å². The third kappa shape index (κ3) is 4.90. The number of hydrogen-bond acceptors (Lipinski definition) is 6. The van der Waals surface area contributed by atoms with Gasteiger partial charge in [-0.3, -0.25) is 4.79 Å². The van der Waals surface area contributed by atoms with Crippen LogP contribution in [0.1, 0.15) is 28.6 Å². The Morgan fingerprint density at radius 1 is 1.22 bits per heavy atom. The molecule has 0 saturated heterocycles. The number of carbonyl (C=O) groups excluding carboxylic acids is 1. The van der Waals surface area contributed by atoms with E-state index in [1.807, 2.05) is 24.4 Å². The van der Waals surface area contributed by atoms with Crippen molar-refractivity contribution in [2.45, 2.75) is 25.9 Å². The van der Waals surface area contributed by atoms with Crippen LogP contribution in [0.4, 0.5) is 0 Å². The molecule has 0 fully saturated rings. The Kier molecular flexibility index (Phi) is 6.51. The van der Waals surface area contributed by atoms with Crippen molar-refractivity contribution in [3.8, 4) is 11.8 Å². The van der Waals surface area contributed by atoms with Gasteiger partial charge in [-0.15, -0.1) is 11.3 Å². The molecule has 0 bridgehead atoms. The summed E-state index contributed by atoms with van der Waals surface area (Å²) in [5.74, 6) is 0.337. The van der Waals surface area contributed by atoms with Gasteiger partial charge in [0, 0.05) is 22.8 Å². The van der Waals surface area contributed by atoms with Gasteiger partial charge in [-0.25, -0.2) is 9.97 Å². The summed E-state index contributed by atoms with van der Waals surface area (Å²) in [5, 5.41) is 11.7. The summed E-state index contributed by atoms with van der Waals surface area (Å²) in [6.45, 7) is 2.34.